The minimum absolute atomic E-state index is 0. The minimum atomic E-state index is -2.25. The van der Waals surface area contributed by atoms with Crippen LogP contribution in [-0.4, -0.2) is 5.92 Å². The van der Waals surface area contributed by atoms with Crippen molar-refractivity contribution in [2.24, 2.45) is 0 Å². The Balaban J connectivity index is 0. The van der Waals surface area contributed by atoms with E-state index in [2.05, 4.69) is 0 Å². The van der Waals surface area contributed by atoms with E-state index < -0.39 is 5.92 Å². The monoisotopic (exact) mass is 131 g/mol. The second-order valence-corrected chi connectivity index (χ2v) is 1.36. The van der Waals surface area contributed by atoms with Crippen LogP contribution < -0.4 is 6.15 Å². The highest BCUT2D eigenvalue weighted by Crippen LogP contribution is 2.40. The van der Waals surface area contributed by atoms with Crippen LogP contribution in [0.3, 0.4) is 0 Å². The first-order valence-electron chi connectivity index (χ1n) is 1.59. The number of halogens is 3. The lowest BCUT2D eigenvalue weighted by molar-refractivity contribution is 0.120. The fourth-order valence-electron chi connectivity index (χ4n) is 0.0945. The Kier molecular flexibility index (Phi) is 3.52. The standard InChI is InChI=1S/C3H4F2.ClH.H3N/c4-3(5)1-2-3;;/h1-2H2;1H;1H3. The molecule has 1 aliphatic carbocycles. The van der Waals surface area contributed by atoms with E-state index in [0.717, 1.165) is 0 Å². The van der Waals surface area contributed by atoms with Gasteiger partial charge in [-0.2, -0.15) is 0 Å². The molecule has 0 amide bonds. The molecule has 1 aliphatic rings. The zero-order chi connectivity index (χ0) is 3.91. The summed E-state index contributed by atoms with van der Waals surface area (Å²) in [7, 11) is 0. The van der Waals surface area contributed by atoms with E-state index >= 15 is 0 Å². The van der Waals surface area contributed by atoms with Crippen LogP contribution in [-0.2, 0) is 0 Å². The predicted octanol–water partition coefficient (Wildman–Crippen LogP) is 2.00. The fourth-order valence-corrected chi connectivity index (χ4v) is 0.0945. The number of alkyl halides is 2. The Morgan fingerprint density at radius 1 is 1.14 bits per heavy atom. The zero-order valence-corrected chi connectivity index (χ0v) is 4.60. The smallest absolute Gasteiger partial charge is 0.248 e. The molecule has 0 radical (unpaired) electrons. The first-order chi connectivity index (χ1) is 2.21. The highest BCUT2D eigenvalue weighted by Gasteiger charge is 2.43. The van der Waals surface area contributed by atoms with Crippen LogP contribution in [0.4, 0.5) is 8.78 Å². The van der Waals surface area contributed by atoms with Gasteiger partial charge >= 0.3 is 0 Å². The van der Waals surface area contributed by atoms with Crippen LogP contribution in [0.25, 0.3) is 0 Å². The van der Waals surface area contributed by atoms with Crippen molar-refractivity contribution in [1.29, 1.82) is 0 Å². The Morgan fingerprint density at radius 2 is 1.29 bits per heavy atom. The van der Waals surface area contributed by atoms with E-state index in [4.69, 9.17) is 0 Å². The Morgan fingerprint density at radius 3 is 1.29 bits per heavy atom. The van der Waals surface area contributed by atoms with Gasteiger partial charge in [-0.25, -0.2) is 8.78 Å². The van der Waals surface area contributed by atoms with Crippen LogP contribution >= 0.6 is 12.4 Å². The summed E-state index contributed by atoms with van der Waals surface area (Å²) in [5, 5.41) is 0. The second-order valence-electron chi connectivity index (χ2n) is 1.36. The molecule has 0 aliphatic heterocycles. The van der Waals surface area contributed by atoms with Crippen molar-refractivity contribution < 1.29 is 8.78 Å². The van der Waals surface area contributed by atoms with Crippen molar-refractivity contribution in [2.75, 3.05) is 0 Å². The highest BCUT2D eigenvalue weighted by atomic mass is 35.5. The topological polar surface area (TPSA) is 35.0 Å². The molecule has 0 spiro atoms. The molecule has 0 atom stereocenters. The molecule has 0 aromatic carbocycles. The van der Waals surface area contributed by atoms with Crippen molar-refractivity contribution in [3.8, 4) is 0 Å². The average Bonchev–Trinajstić information content (AvgIpc) is 1.76. The third-order valence-electron chi connectivity index (χ3n) is 0.628. The molecular weight excluding hydrogens is 123 g/mol. The third-order valence-corrected chi connectivity index (χ3v) is 0.628. The lowest BCUT2D eigenvalue weighted by Gasteiger charge is -1.76. The summed E-state index contributed by atoms with van der Waals surface area (Å²) in [4.78, 5) is 0. The maximum absolute atomic E-state index is 11.1. The maximum atomic E-state index is 11.1. The first kappa shape index (κ1) is 10.2. The highest BCUT2D eigenvalue weighted by molar-refractivity contribution is 5.85. The van der Waals surface area contributed by atoms with Gasteiger partial charge in [0.1, 0.15) is 0 Å². The van der Waals surface area contributed by atoms with Gasteiger partial charge in [-0.15, -0.1) is 12.4 Å². The van der Waals surface area contributed by atoms with E-state index in [1.54, 1.807) is 0 Å². The number of hydrogen-bond donors (Lipinski definition) is 1. The van der Waals surface area contributed by atoms with Crippen LogP contribution in [0.5, 0.6) is 0 Å². The number of hydrogen-bond acceptors (Lipinski definition) is 1. The third kappa shape index (κ3) is 3.95. The van der Waals surface area contributed by atoms with Crippen molar-refractivity contribution in [2.45, 2.75) is 18.8 Å². The van der Waals surface area contributed by atoms with E-state index in [1.165, 1.54) is 0 Å². The molecule has 46 valence electrons. The average molecular weight is 132 g/mol. The van der Waals surface area contributed by atoms with Gasteiger partial charge in [0.25, 0.3) is 0 Å². The fraction of sp³-hybridized carbons (Fsp3) is 1.00. The molecule has 0 aromatic heterocycles. The summed E-state index contributed by atoms with van der Waals surface area (Å²) in [5.74, 6) is -2.25. The summed E-state index contributed by atoms with van der Waals surface area (Å²) < 4.78 is 22.3. The molecular formula is C3H8ClF2N. The molecule has 7 heavy (non-hydrogen) atoms. The molecule has 0 saturated heterocycles. The Labute approximate surface area is 47.1 Å². The summed E-state index contributed by atoms with van der Waals surface area (Å²) in [6, 6.07) is 0. The van der Waals surface area contributed by atoms with E-state index in [9.17, 15) is 8.78 Å². The lowest BCUT2D eigenvalue weighted by Crippen LogP contribution is -1.79. The Bertz CT molecular complexity index is 50.9. The Hall–Kier alpha value is 0.110. The van der Waals surface area contributed by atoms with Gasteiger partial charge in [0.05, 0.1) is 0 Å². The van der Waals surface area contributed by atoms with Gasteiger partial charge in [0, 0.05) is 12.8 Å². The predicted molar refractivity (Wildman–Crippen MR) is 26.5 cm³/mol. The molecule has 0 aromatic rings. The minimum Gasteiger partial charge on any atom is -0.344 e. The summed E-state index contributed by atoms with van der Waals surface area (Å²) >= 11 is 0. The van der Waals surface area contributed by atoms with Crippen molar-refractivity contribution in [1.82, 2.24) is 6.15 Å². The zero-order valence-electron chi connectivity index (χ0n) is 3.79. The normalized spacial score (nSPS) is 21.4. The van der Waals surface area contributed by atoms with Crippen molar-refractivity contribution in [3.63, 3.8) is 0 Å². The van der Waals surface area contributed by atoms with Crippen LogP contribution in [0, 0.1) is 0 Å². The molecule has 0 heterocycles. The van der Waals surface area contributed by atoms with Gasteiger partial charge in [-0.1, -0.05) is 0 Å². The molecule has 1 nitrogen and oxygen atoms in total. The van der Waals surface area contributed by atoms with Gasteiger partial charge in [-0.3, -0.25) is 0 Å². The SMILES string of the molecule is Cl.FC1(F)CC1.N. The van der Waals surface area contributed by atoms with Crippen molar-refractivity contribution in [3.05, 3.63) is 0 Å². The molecule has 1 saturated carbocycles. The maximum Gasteiger partial charge on any atom is 0.248 e. The lowest BCUT2D eigenvalue weighted by atomic mass is 10.8. The van der Waals surface area contributed by atoms with E-state index in [0.29, 0.717) is 0 Å². The van der Waals surface area contributed by atoms with Gasteiger partial charge in [0.2, 0.25) is 5.92 Å². The molecule has 1 rings (SSSR count). The van der Waals surface area contributed by atoms with Gasteiger partial charge in [-0.05, 0) is 0 Å². The molecule has 0 unspecified atom stereocenters. The molecule has 1 fully saturated rings. The van der Waals surface area contributed by atoms with Crippen LogP contribution in [0.2, 0.25) is 0 Å². The van der Waals surface area contributed by atoms with Gasteiger partial charge in [0.15, 0.2) is 0 Å². The van der Waals surface area contributed by atoms with E-state index in [1.807, 2.05) is 0 Å². The first-order valence-corrected chi connectivity index (χ1v) is 1.59. The van der Waals surface area contributed by atoms with Gasteiger partial charge < -0.3 is 6.15 Å². The largest absolute Gasteiger partial charge is 0.344 e. The molecule has 4 heteroatoms. The van der Waals surface area contributed by atoms with E-state index in [-0.39, 0.29) is 31.4 Å². The van der Waals surface area contributed by atoms with Crippen molar-refractivity contribution >= 4 is 12.4 Å². The quantitative estimate of drug-likeness (QED) is 0.536. The van der Waals surface area contributed by atoms with Crippen LogP contribution in [0.15, 0.2) is 0 Å². The number of rotatable bonds is 0. The summed E-state index contributed by atoms with van der Waals surface area (Å²) in [5.41, 5.74) is 0. The molecule has 3 N–H and O–H groups in total. The summed E-state index contributed by atoms with van der Waals surface area (Å²) in [6.07, 6.45) is 0.236. The second kappa shape index (κ2) is 2.43. The molecule has 0 bridgehead atoms. The summed E-state index contributed by atoms with van der Waals surface area (Å²) in [6.45, 7) is 0. The van der Waals surface area contributed by atoms with Crippen LogP contribution in [0.1, 0.15) is 12.8 Å².